The van der Waals surface area contributed by atoms with E-state index in [0.717, 1.165) is 42.6 Å². The van der Waals surface area contributed by atoms with Gasteiger partial charge in [0.2, 0.25) is 5.91 Å². The van der Waals surface area contributed by atoms with Crippen LogP contribution in [0, 0.1) is 11.8 Å². The SMILES string of the molecule is O=C(c1nc2c(C(F)(F)F)cc(C3CC3)cn2c1Cl)N1CCN(C2CCC3C(O)C3C2)C(=O)C1. The number of carbonyl (C=O) groups is 2. The lowest BCUT2D eigenvalue weighted by Crippen LogP contribution is -2.56. The van der Waals surface area contributed by atoms with Crippen LogP contribution in [0.15, 0.2) is 12.3 Å². The summed E-state index contributed by atoms with van der Waals surface area (Å²) in [4.78, 5) is 33.1. The molecule has 2 amide bonds. The summed E-state index contributed by atoms with van der Waals surface area (Å²) in [5.41, 5.74) is -1.08. The first kappa shape index (κ1) is 22.2. The number of aliphatic hydroxyl groups excluding tert-OH is 1. The summed E-state index contributed by atoms with van der Waals surface area (Å²) in [7, 11) is 0. The Hall–Kier alpha value is -2.33. The zero-order chi connectivity index (χ0) is 23.9. The summed E-state index contributed by atoms with van der Waals surface area (Å²) in [5, 5.41) is 9.73. The van der Waals surface area contributed by atoms with Crippen LogP contribution < -0.4 is 0 Å². The third-order valence-corrected chi connectivity index (χ3v) is 8.25. The molecule has 4 atom stereocenters. The number of carbonyl (C=O) groups excluding carboxylic acids is 2. The molecule has 3 aliphatic carbocycles. The van der Waals surface area contributed by atoms with Gasteiger partial charge in [-0.05, 0) is 61.5 Å². The van der Waals surface area contributed by atoms with Crippen molar-refractivity contribution in [3.05, 3.63) is 34.2 Å². The van der Waals surface area contributed by atoms with Gasteiger partial charge in [0.1, 0.15) is 11.7 Å². The fraction of sp³-hybridized carbons (Fsp3) is 0.609. The van der Waals surface area contributed by atoms with Crippen molar-refractivity contribution in [2.75, 3.05) is 19.6 Å². The van der Waals surface area contributed by atoms with Gasteiger partial charge in [-0.1, -0.05) is 11.6 Å². The molecule has 2 aromatic rings. The maximum atomic E-state index is 13.7. The molecule has 7 nitrogen and oxygen atoms in total. The lowest BCUT2D eigenvalue weighted by Gasteiger charge is -2.40. The number of hydrogen-bond donors (Lipinski definition) is 1. The summed E-state index contributed by atoms with van der Waals surface area (Å²) in [6.45, 7) is 0.421. The van der Waals surface area contributed by atoms with Crippen LogP contribution in [0.5, 0.6) is 0 Å². The summed E-state index contributed by atoms with van der Waals surface area (Å²) < 4.78 is 42.4. The lowest BCUT2D eigenvalue weighted by atomic mass is 9.93. The van der Waals surface area contributed by atoms with Crippen LogP contribution in [0.2, 0.25) is 5.15 Å². The first-order chi connectivity index (χ1) is 16.1. The Morgan fingerprint density at radius 3 is 2.56 bits per heavy atom. The average molecular weight is 497 g/mol. The molecule has 1 N–H and O–H groups in total. The van der Waals surface area contributed by atoms with Crippen LogP contribution in [0.25, 0.3) is 5.65 Å². The maximum absolute atomic E-state index is 13.7. The molecule has 0 aromatic carbocycles. The molecule has 0 bridgehead atoms. The second-order valence-electron chi connectivity index (χ2n) is 10.0. The van der Waals surface area contributed by atoms with Crippen molar-refractivity contribution in [2.45, 2.75) is 56.3 Å². The van der Waals surface area contributed by atoms with Crippen molar-refractivity contribution in [3.63, 3.8) is 0 Å². The van der Waals surface area contributed by atoms with Crippen molar-refractivity contribution < 1.29 is 27.9 Å². The van der Waals surface area contributed by atoms with Gasteiger partial charge in [0.15, 0.2) is 11.3 Å². The van der Waals surface area contributed by atoms with E-state index in [2.05, 4.69) is 4.98 Å². The molecular weight excluding hydrogens is 473 g/mol. The number of aromatic nitrogens is 2. The van der Waals surface area contributed by atoms with Crippen molar-refractivity contribution >= 4 is 29.1 Å². The molecule has 0 radical (unpaired) electrons. The predicted molar refractivity (Wildman–Crippen MR) is 115 cm³/mol. The molecule has 34 heavy (non-hydrogen) atoms. The van der Waals surface area contributed by atoms with Crippen molar-refractivity contribution in [2.24, 2.45) is 11.8 Å². The number of hydrogen-bond acceptors (Lipinski definition) is 4. The standard InChI is InChI=1S/C23H24ClF3N4O3/c24-20-18(28-21-16(23(25,26)27)7-12(9-31(20)21)11-1-2-11)22(34)29-5-6-30(17(32)10-29)13-3-4-14-15(8-13)19(14)33/h7,9,11,13-15,19,33H,1-6,8,10H2. The van der Waals surface area contributed by atoms with Crippen molar-refractivity contribution in [1.29, 1.82) is 0 Å². The lowest BCUT2D eigenvalue weighted by molar-refractivity contribution is -0.138. The molecule has 11 heteroatoms. The zero-order valence-corrected chi connectivity index (χ0v) is 19.0. The Labute approximate surface area is 198 Å². The smallest absolute Gasteiger partial charge is 0.393 e. The van der Waals surface area contributed by atoms with Gasteiger partial charge in [0.25, 0.3) is 5.91 Å². The van der Waals surface area contributed by atoms with E-state index in [1.165, 1.54) is 11.1 Å². The monoisotopic (exact) mass is 496 g/mol. The third-order valence-electron chi connectivity index (χ3n) is 7.89. The predicted octanol–water partition coefficient (Wildman–Crippen LogP) is 3.33. The molecule has 4 aliphatic rings. The molecule has 3 heterocycles. The second-order valence-corrected chi connectivity index (χ2v) is 10.4. The number of rotatable bonds is 3. The van der Waals surface area contributed by atoms with Gasteiger partial charge in [-0.25, -0.2) is 4.98 Å². The number of pyridine rings is 1. The van der Waals surface area contributed by atoms with E-state index in [4.69, 9.17) is 11.6 Å². The number of amides is 2. The molecule has 0 spiro atoms. The van der Waals surface area contributed by atoms with E-state index in [9.17, 15) is 27.9 Å². The van der Waals surface area contributed by atoms with E-state index in [1.54, 1.807) is 4.90 Å². The van der Waals surface area contributed by atoms with Gasteiger partial charge < -0.3 is 14.9 Å². The van der Waals surface area contributed by atoms with Gasteiger partial charge >= 0.3 is 6.18 Å². The molecule has 1 saturated heterocycles. The van der Waals surface area contributed by atoms with Gasteiger partial charge in [-0.3, -0.25) is 14.0 Å². The second kappa shape index (κ2) is 7.58. The van der Waals surface area contributed by atoms with Gasteiger partial charge in [-0.15, -0.1) is 0 Å². The van der Waals surface area contributed by atoms with Crippen LogP contribution in [0.3, 0.4) is 0 Å². The van der Waals surface area contributed by atoms with E-state index >= 15 is 0 Å². The minimum absolute atomic E-state index is 0.0529. The highest BCUT2D eigenvalue weighted by Gasteiger charge is 2.53. The fourth-order valence-electron chi connectivity index (χ4n) is 5.74. The van der Waals surface area contributed by atoms with Gasteiger partial charge in [0.05, 0.1) is 11.7 Å². The molecule has 4 fully saturated rings. The van der Waals surface area contributed by atoms with E-state index in [-0.39, 0.29) is 53.8 Å². The number of fused-ring (bicyclic) bond motifs is 2. The van der Waals surface area contributed by atoms with Crippen LogP contribution in [0.4, 0.5) is 13.2 Å². The van der Waals surface area contributed by atoms with Crippen LogP contribution >= 0.6 is 11.6 Å². The first-order valence-electron chi connectivity index (χ1n) is 11.7. The number of piperazine rings is 1. The third kappa shape index (κ3) is 3.57. The first-order valence-corrected chi connectivity index (χ1v) is 12.1. The summed E-state index contributed by atoms with van der Waals surface area (Å²) >= 11 is 6.38. The highest BCUT2D eigenvalue weighted by atomic mass is 35.5. The summed E-state index contributed by atoms with van der Waals surface area (Å²) in [5.74, 6) is -0.186. The highest BCUT2D eigenvalue weighted by molar-refractivity contribution is 6.33. The number of halogens is 4. The molecule has 6 rings (SSSR count). The van der Waals surface area contributed by atoms with E-state index in [0.29, 0.717) is 18.0 Å². The summed E-state index contributed by atoms with van der Waals surface area (Å²) in [6.07, 6.45) is 0.750. The Morgan fingerprint density at radius 2 is 1.91 bits per heavy atom. The fourth-order valence-corrected chi connectivity index (χ4v) is 5.99. The highest BCUT2D eigenvalue weighted by Crippen LogP contribution is 2.50. The molecule has 182 valence electrons. The van der Waals surface area contributed by atoms with E-state index < -0.39 is 23.3 Å². The molecule has 2 aromatic heterocycles. The van der Waals surface area contributed by atoms with Gasteiger partial charge in [0, 0.05) is 25.3 Å². The molecule has 1 aliphatic heterocycles. The number of alkyl halides is 3. The van der Waals surface area contributed by atoms with E-state index in [1.807, 2.05) is 0 Å². The number of aliphatic hydroxyl groups is 1. The maximum Gasteiger partial charge on any atom is 0.419 e. The van der Waals surface area contributed by atoms with Gasteiger partial charge in [-0.2, -0.15) is 13.2 Å². The molecular formula is C23H24ClF3N4O3. The van der Waals surface area contributed by atoms with Crippen LogP contribution in [0.1, 0.15) is 59.6 Å². The van der Waals surface area contributed by atoms with Crippen LogP contribution in [-0.4, -0.2) is 67.9 Å². The normalized spacial score (nSPS) is 29.5. The van der Waals surface area contributed by atoms with Crippen molar-refractivity contribution in [3.8, 4) is 0 Å². The molecule has 3 saturated carbocycles. The Balaban J connectivity index is 1.24. The Morgan fingerprint density at radius 1 is 1.15 bits per heavy atom. The minimum atomic E-state index is -4.64. The zero-order valence-electron chi connectivity index (χ0n) is 18.3. The van der Waals surface area contributed by atoms with Crippen LogP contribution in [-0.2, 0) is 11.0 Å². The molecule has 4 unspecified atom stereocenters. The minimum Gasteiger partial charge on any atom is -0.393 e. The number of nitrogens with zero attached hydrogens (tertiary/aromatic N) is 4. The average Bonchev–Trinajstić information content (AvgIpc) is 3.72. The largest absolute Gasteiger partial charge is 0.419 e. The Bertz CT molecular complexity index is 1190. The van der Waals surface area contributed by atoms with Crippen molar-refractivity contribution in [1.82, 2.24) is 19.2 Å². The topological polar surface area (TPSA) is 78.2 Å². The Kier molecular flexibility index (Phi) is 4.94. The quantitative estimate of drug-likeness (QED) is 0.707. The summed E-state index contributed by atoms with van der Waals surface area (Å²) in [6, 6.07) is 1.15. The number of imidazole rings is 1.